The van der Waals surface area contributed by atoms with Crippen molar-refractivity contribution in [2.45, 2.75) is 25.2 Å². The minimum Gasteiger partial charge on any atom is -0.481 e. The zero-order valence-corrected chi connectivity index (χ0v) is 18.6. The lowest BCUT2D eigenvalue weighted by atomic mass is 9.98. The third kappa shape index (κ3) is 5.56. The van der Waals surface area contributed by atoms with Crippen LogP contribution in [0.1, 0.15) is 35.6 Å². The van der Waals surface area contributed by atoms with Crippen LogP contribution in [0.2, 0.25) is 0 Å². The van der Waals surface area contributed by atoms with Gasteiger partial charge in [-0.2, -0.15) is 0 Å². The quantitative estimate of drug-likeness (QED) is 0.411. The molecule has 3 N–H and O–H groups in total. The molecular weight excluding hydrogens is 442 g/mol. The van der Waals surface area contributed by atoms with Gasteiger partial charge >= 0.3 is 12.1 Å². The highest BCUT2D eigenvalue weighted by atomic mass is 32.1. The molecule has 2 aromatic carbocycles. The predicted octanol–water partition coefficient (Wildman–Crippen LogP) is 4.03. The number of rotatable bonds is 9. The Morgan fingerprint density at radius 1 is 1.03 bits per heavy atom. The highest BCUT2D eigenvalue weighted by Crippen LogP contribution is 2.44. The van der Waals surface area contributed by atoms with E-state index in [-0.39, 0.29) is 31.3 Å². The minimum atomic E-state index is -0.896. The number of aromatic nitrogens is 1. The Bertz CT molecular complexity index is 1130. The number of hydrogen-bond acceptors (Lipinski definition) is 6. The normalized spacial score (nSPS) is 12.0. The maximum atomic E-state index is 12.4. The molecular formula is C24H23N3O5S. The van der Waals surface area contributed by atoms with Crippen LogP contribution in [0.15, 0.2) is 53.9 Å². The maximum absolute atomic E-state index is 12.4. The highest BCUT2D eigenvalue weighted by Gasteiger charge is 2.29. The summed E-state index contributed by atoms with van der Waals surface area (Å²) in [6.45, 7) is 0.497. The van der Waals surface area contributed by atoms with Gasteiger partial charge in [0.2, 0.25) is 5.91 Å². The van der Waals surface area contributed by atoms with E-state index in [1.807, 2.05) is 24.3 Å². The number of benzene rings is 2. The molecule has 9 heteroatoms. The van der Waals surface area contributed by atoms with Crippen molar-refractivity contribution >= 4 is 34.4 Å². The van der Waals surface area contributed by atoms with Gasteiger partial charge in [-0.3, -0.25) is 14.9 Å². The Balaban J connectivity index is 1.28. The number of anilines is 1. The maximum Gasteiger partial charge on any atom is 0.413 e. The number of amides is 2. The number of fused-ring (bicyclic) bond motifs is 3. The molecule has 8 nitrogen and oxygen atoms in total. The van der Waals surface area contributed by atoms with Crippen LogP contribution in [0.25, 0.3) is 11.1 Å². The molecule has 2 amide bonds. The number of carboxylic acid groups (broad SMARTS) is 1. The summed E-state index contributed by atoms with van der Waals surface area (Å²) in [5.41, 5.74) is 5.11. The van der Waals surface area contributed by atoms with E-state index in [2.05, 4.69) is 39.9 Å². The Morgan fingerprint density at radius 3 is 2.36 bits per heavy atom. The molecule has 1 aliphatic carbocycles. The van der Waals surface area contributed by atoms with Crippen LogP contribution in [0, 0.1) is 0 Å². The van der Waals surface area contributed by atoms with Crippen LogP contribution >= 0.6 is 11.3 Å². The first-order valence-corrected chi connectivity index (χ1v) is 11.4. The number of nitrogens with zero attached hydrogens (tertiary/aromatic N) is 1. The van der Waals surface area contributed by atoms with Gasteiger partial charge in [0.05, 0.1) is 12.1 Å². The number of carboxylic acids is 1. The van der Waals surface area contributed by atoms with Crippen LogP contribution in [0.3, 0.4) is 0 Å². The first-order chi connectivity index (χ1) is 16.0. The Morgan fingerprint density at radius 2 is 1.70 bits per heavy atom. The zero-order chi connectivity index (χ0) is 23.2. The lowest BCUT2D eigenvalue weighted by Gasteiger charge is -2.14. The average Bonchev–Trinajstić information content (AvgIpc) is 3.37. The Hall–Kier alpha value is -3.72. The van der Waals surface area contributed by atoms with E-state index < -0.39 is 12.1 Å². The third-order valence-corrected chi connectivity index (χ3v) is 6.14. The SMILES string of the molecule is O=C(O)CCCNC(=O)Cc1csc(NC(=O)OCC2c3ccccc3-c3ccccc32)n1. The van der Waals surface area contributed by atoms with Gasteiger partial charge in [0.25, 0.3) is 0 Å². The van der Waals surface area contributed by atoms with Crippen molar-refractivity contribution in [3.63, 3.8) is 0 Å². The summed E-state index contributed by atoms with van der Waals surface area (Å²) < 4.78 is 5.51. The standard InChI is InChI=1S/C24H23N3O5S/c28-21(25-11-5-10-22(29)30)12-15-14-33-23(26-15)27-24(31)32-13-20-18-8-3-1-6-16(18)17-7-2-4-9-19(17)20/h1-4,6-9,14,20H,5,10-13H2,(H,25,28)(H,29,30)(H,26,27,31). The van der Waals surface area contributed by atoms with E-state index in [0.717, 1.165) is 22.3 Å². The molecule has 1 heterocycles. The number of carbonyl (C=O) groups is 3. The van der Waals surface area contributed by atoms with Crippen molar-refractivity contribution in [1.29, 1.82) is 0 Å². The second-order valence-corrected chi connectivity index (χ2v) is 8.48. The molecule has 1 aliphatic rings. The van der Waals surface area contributed by atoms with Gasteiger partial charge in [-0.05, 0) is 28.7 Å². The van der Waals surface area contributed by atoms with E-state index in [0.29, 0.717) is 23.8 Å². The van der Waals surface area contributed by atoms with Crippen molar-refractivity contribution in [2.75, 3.05) is 18.5 Å². The number of thiazole rings is 1. The molecule has 0 spiro atoms. The summed E-state index contributed by atoms with van der Waals surface area (Å²) in [7, 11) is 0. The fraction of sp³-hybridized carbons (Fsp3) is 0.250. The van der Waals surface area contributed by atoms with E-state index in [1.54, 1.807) is 5.38 Å². The van der Waals surface area contributed by atoms with Crippen molar-refractivity contribution in [3.05, 3.63) is 70.7 Å². The molecule has 0 unspecified atom stereocenters. The van der Waals surface area contributed by atoms with Crippen molar-refractivity contribution in [1.82, 2.24) is 10.3 Å². The number of nitrogens with one attached hydrogen (secondary N) is 2. The third-order valence-electron chi connectivity index (χ3n) is 5.34. The minimum absolute atomic E-state index is 0.00515. The smallest absolute Gasteiger partial charge is 0.413 e. The van der Waals surface area contributed by atoms with Crippen LogP contribution in [0.5, 0.6) is 0 Å². The van der Waals surface area contributed by atoms with Gasteiger partial charge in [-0.15, -0.1) is 11.3 Å². The van der Waals surface area contributed by atoms with Crippen LogP contribution in [-0.4, -0.2) is 41.2 Å². The first kappa shape index (κ1) is 22.5. The molecule has 170 valence electrons. The predicted molar refractivity (Wildman–Crippen MR) is 124 cm³/mol. The molecule has 0 saturated carbocycles. The lowest BCUT2D eigenvalue weighted by molar-refractivity contribution is -0.137. The van der Waals surface area contributed by atoms with Gasteiger partial charge in [0.15, 0.2) is 5.13 Å². The summed E-state index contributed by atoms with van der Waals surface area (Å²) in [6, 6.07) is 16.2. The molecule has 0 atom stereocenters. The van der Waals surface area contributed by atoms with E-state index in [4.69, 9.17) is 9.84 Å². The molecule has 0 radical (unpaired) electrons. The number of hydrogen-bond donors (Lipinski definition) is 3. The second kappa shape index (κ2) is 10.3. The summed E-state index contributed by atoms with van der Waals surface area (Å²) >= 11 is 1.21. The van der Waals surface area contributed by atoms with Crippen molar-refractivity contribution in [3.8, 4) is 11.1 Å². The molecule has 0 saturated heterocycles. The van der Waals surface area contributed by atoms with E-state index >= 15 is 0 Å². The summed E-state index contributed by atoms with van der Waals surface area (Å²) in [5, 5.41) is 15.9. The molecule has 0 aliphatic heterocycles. The summed E-state index contributed by atoms with van der Waals surface area (Å²) in [5.74, 6) is -1.18. The van der Waals surface area contributed by atoms with Crippen LogP contribution < -0.4 is 10.6 Å². The van der Waals surface area contributed by atoms with E-state index in [9.17, 15) is 14.4 Å². The largest absolute Gasteiger partial charge is 0.481 e. The number of ether oxygens (including phenoxy) is 1. The number of aliphatic carboxylic acids is 1. The topological polar surface area (TPSA) is 118 Å². The lowest BCUT2D eigenvalue weighted by Crippen LogP contribution is -2.26. The Labute approximate surface area is 194 Å². The first-order valence-electron chi connectivity index (χ1n) is 10.6. The molecule has 4 rings (SSSR count). The van der Waals surface area contributed by atoms with Gasteiger partial charge in [-0.1, -0.05) is 48.5 Å². The van der Waals surface area contributed by atoms with Crippen molar-refractivity contribution < 1.29 is 24.2 Å². The van der Waals surface area contributed by atoms with Crippen LogP contribution in [-0.2, 0) is 20.7 Å². The van der Waals surface area contributed by atoms with Crippen LogP contribution in [0.4, 0.5) is 9.93 Å². The summed E-state index contributed by atoms with van der Waals surface area (Å²) in [4.78, 5) is 39.0. The fourth-order valence-corrected chi connectivity index (χ4v) is 4.56. The number of carbonyl (C=O) groups excluding carboxylic acids is 2. The van der Waals surface area contributed by atoms with Gasteiger partial charge in [0, 0.05) is 24.3 Å². The van der Waals surface area contributed by atoms with E-state index in [1.165, 1.54) is 11.3 Å². The molecule has 1 aromatic heterocycles. The molecule has 0 fully saturated rings. The van der Waals surface area contributed by atoms with Crippen molar-refractivity contribution in [2.24, 2.45) is 0 Å². The second-order valence-electron chi connectivity index (χ2n) is 7.62. The monoisotopic (exact) mass is 465 g/mol. The molecule has 0 bridgehead atoms. The Kier molecular flexibility index (Phi) is 6.99. The van der Waals surface area contributed by atoms with Gasteiger partial charge in [0.1, 0.15) is 6.61 Å². The van der Waals surface area contributed by atoms with Gasteiger partial charge in [-0.25, -0.2) is 9.78 Å². The summed E-state index contributed by atoms with van der Waals surface area (Å²) in [6.07, 6.45) is -0.177. The fourth-order valence-electron chi connectivity index (χ4n) is 3.86. The zero-order valence-electron chi connectivity index (χ0n) is 17.7. The highest BCUT2D eigenvalue weighted by molar-refractivity contribution is 7.13. The average molecular weight is 466 g/mol. The molecule has 3 aromatic rings. The van der Waals surface area contributed by atoms with Gasteiger partial charge < -0.3 is 15.2 Å². The molecule has 33 heavy (non-hydrogen) atoms.